The predicted molar refractivity (Wildman–Crippen MR) is 86.2 cm³/mol. The molecule has 0 saturated carbocycles. The first-order valence-corrected chi connectivity index (χ1v) is 8.27. The highest BCUT2D eigenvalue weighted by Crippen LogP contribution is 2.32. The molecule has 0 atom stereocenters. The van der Waals surface area contributed by atoms with Gasteiger partial charge in [-0.1, -0.05) is 24.3 Å². The number of hydrogen-bond acceptors (Lipinski definition) is 3. The third kappa shape index (κ3) is 4.34. The van der Waals surface area contributed by atoms with Gasteiger partial charge in [0, 0.05) is 23.5 Å². The van der Waals surface area contributed by atoms with E-state index in [0.29, 0.717) is 18.0 Å². The molecule has 0 amide bonds. The first-order chi connectivity index (χ1) is 11.0. The summed E-state index contributed by atoms with van der Waals surface area (Å²) in [6.45, 7) is 1.28. The Morgan fingerprint density at radius 1 is 1.13 bits per heavy atom. The number of hydrogen-bond donors (Lipinski definition) is 1. The van der Waals surface area contributed by atoms with E-state index in [1.807, 2.05) is 18.2 Å². The van der Waals surface area contributed by atoms with Gasteiger partial charge in [0.25, 0.3) is 0 Å². The number of thioether (sulfide) groups is 1. The molecule has 0 aromatic heterocycles. The molecule has 3 rings (SSSR count). The highest BCUT2D eigenvalue weighted by atomic mass is 32.2. The van der Waals surface area contributed by atoms with Crippen molar-refractivity contribution in [3.8, 4) is 5.75 Å². The van der Waals surface area contributed by atoms with Crippen LogP contribution in [0.2, 0.25) is 0 Å². The minimum absolute atomic E-state index is 0.566. The van der Waals surface area contributed by atoms with Crippen LogP contribution in [0.15, 0.2) is 47.4 Å². The minimum Gasteiger partial charge on any atom is -0.493 e. The average molecular weight is 339 g/mol. The minimum atomic E-state index is -4.17. The summed E-state index contributed by atoms with van der Waals surface area (Å²) in [6.07, 6.45) is -3.26. The van der Waals surface area contributed by atoms with Crippen molar-refractivity contribution in [2.75, 3.05) is 17.7 Å². The lowest BCUT2D eigenvalue weighted by Crippen LogP contribution is -2.11. The van der Waals surface area contributed by atoms with Crippen LogP contribution in [-0.2, 0) is 13.0 Å². The van der Waals surface area contributed by atoms with Gasteiger partial charge in [0.2, 0.25) is 0 Å². The Bertz CT molecular complexity index is 688. The van der Waals surface area contributed by atoms with E-state index in [1.54, 1.807) is 18.2 Å². The van der Waals surface area contributed by atoms with Crippen molar-refractivity contribution >= 4 is 17.4 Å². The van der Waals surface area contributed by atoms with E-state index in [1.165, 1.54) is 5.56 Å². The largest absolute Gasteiger partial charge is 0.493 e. The Balaban J connectivity index is 1.66. The molecule has 122 valence electrons. The van der Waals surface area contributed by atoms with Crippen LogP contribution in [0.1, 0.15) is 11.1 Å². The number of anilines is 1. The lowest BCUT2D eigenvalue weighted by Gasteiger charge is -2.13. The molecule has 1 aliphatic rings. The molecule has 0 radical (unpaired) electrons. The second-order valence-corrected chi connectivity index (χ2v) is 6.31. The maximum absolute atomic E-state index is 12.4. The van der Waals surface area contributed by atoms with E-state index in [9.17, 15) is 13.2 Å². The van der Waals surface area contributed by atoms with Gasteiger partial charge in [-0.25, -0.2) is 0 Å². The van der Waals surface area contributed by atoms with Crippen LogP contribution in [0.4, 0.5) is 18.9 Å². The fraction of sp³-hybridized carbons (Fsp3) is 0.294. The molecule has 1 N–H and O–H groups in total. The summed E-state index contributed by atoms with van der Waals surface area (Å²) in [5.74, 6) is 0.0388. The normalized spacial score (nSPS) is 13.5. The highest BCUT2D eigenvalue weighted by molar-refractivity contribution is 7.99. The van der Waals surface area contributed by atoms with Crippen LogP contribution < -0.4 is 10.1 Å². The standard InChI is InChI=1S/C17H16F3NOS/c18-17(19,20)11-23-16-4-2-1-3-14(16)21-10-12-5-6-15-13(9-12)7-8-22-15/h1-6,9,21H,7-8,10-11H2. The number of para-hydroxylation sites is 1. The van der Waals surface area contributed by atoms with Crippen molar-refractivity contribution in [1.29, 1.82) is 0 Å². The molecular formula is C17H16F3NOS. The molecule has 0 aliphatic carbocycles. The van der Waals surface area contributed by atoms with Crippen molar-refractivity contribution in [3.05, 3.63) is 53.6 Å². The van der Waals surface area contributed by atoms with Crippen molar-refractivity contribution < 1.29 is 17.9 Å². The maximum atomic E-state index is 12.4. The summed E-state index contributed by atoms with van der Waals surface area (Å²) in [4.78, 5) is 0.606. The van der Waals surface area contributed by atoms with Crippen molar-refractivity contribution in [1.82, 2.24) is 0 Å². The van der Waals surface area contributed by atoms with Gasteiger partial charge in [-0.2, -0.15) is 13.2 Å². The molecule has 0 unspecified atom stereocenters. The van der Waals surface area contributed by atoms with Gasteiger partial charge in [0.15, 0.2) is 0 Å². The summed E-state index contributed by atoms with van der Waals surface area (Å²) in [5.41, 5.74) is 2.99. The number of halogens is 3. The molecule has 2 aromatic carbocycles. The van der Waals surface area contributed by atoms with Crippen LogP contribution in [-0.4, -0.2) is 18.5 Å². The monoisotopic (exact) mass is 339 g/mol. The van der Waals surface area contributed by atoms with Gasteiger partial charge in [-0.3, -0.25) is 0 Å². The van der Waals surface area contributed by atoms with E-state index >= 15 is 0 Å². The zero-order valence-electron chi connectivity index (χ0n) is 12.3. The number of ether oxygens (including phenoxy) is 1. The average Bonchev–Trinajstić information content (AvgIpc) is 2.98. The van der Waals surface area contributed by atoms with Gasteiger partial charge in [-0.05, 0) is 29.3 Å². The van der Waals surface area contributed by atoms with Gasteiger partial charge in [0.05, 0.1) is 12.4 Å². The highest BCUT2D eigenvalue weighted by Gasteiger charge is 2.27. The van der Waals surface area contributed by atoms with Crippen LogP contribution in [0.3, 0.4) is 0 Å². The first-order valence-electron chi connectivity index (χ1n) is 7.28. The lowest BCUT2D eigenvalue weighted by atomic mass is 10.1. The molecule has 23 heavy (non-hydrogen) atoms. The zero-order valence-corrected chi connectivity index (χ0v) is 13.1. The molecule has 1 aliphatic heterocycles. The van der Waals surface area contributed by atoms with E-state index in [2.05, 4.69) is 11.4 Å². The zero-order chi connectivity index (χ0) is 16.3. The number of rotatable bonds is 5. The van der Waals surface area contributed by atoms with E-state index in [4.69, 9.17) is 4.74 Å². The van der Waals surface area contributed by atoms with E-state index < -0.39 is 11.9 Å². The summed E-state index contributed by atoms with van der Waals surface area (Å²) in [6, 6.07) is 13.1. The van der Waals surface area contributed by atoms with Crippen LogP contribution in [0, 0.1) is 0 Å². The summed E-state index contributed by atoms with van der Waals surface area (Å²) >= 11 is 0.802. The number of fused-ring (bicyclic) bond motifs is 1. The van der Waals surface area contributed by atoms with Crippen molar-refractivity contribution in [3.63, 3.8) is 0 Å². The Hall–Kier alpha value is -1.82. The topological polar surface area (TPSA) is 21.3 Å². The third-order valence-corrected chi connectivity index (χ3v) is 4.65. The third-order valence-electron chi connectivity index (χ3n) is 3.52. The molecule has 2 nitrogen and oxygen atoms in total. The molecule has 6 heteroatoms. The first kappa shape index (κ1) is 16.1. The van der Waals surface area contributed by atoms with Gasteiger partial charge in [0.1, 0.15) is 5.75 Å². The molecule has 1 heterocycles. The summed E-state index contributed by atoms with van der Waals surface area (Å²) in [7, 11) is 0. The lowest BCUT2D eigenvalue weighted by molar-refractivity contribution is -0.105. The number of benzene rings is 2. The predicted octanol–water partition coefficient (Wildman–Crippen LogP) is 4.89. The Morgan fingerprint density at radius 2 is 1.96 bits per heavy atom. The quantitative estimate of drug-likeness (QED) is 0.784. The molecule has 0 saturated heterocycles. The van der Waals surface area contributed by atoms with Gasteiger partial charge >= 0.3 is 6.18 Å². The fourth-order valence-corrected chi connectivity index (χ4v) is 3.23. The second kappa shape index (κ2) is 6.74. The summed E-state index contributed by atoms with van der Waals surface area (Å²) < 4.78 is 42.7. The van der Waals surface area contributed by atoms with E-state index in [0.717, 1.165) is 35.2 Å². The Labute approximate surface area is 137 Å². The molecule has 0 spiro atoms. The Kier molecular flexibility index (Phi) is 4.71. The fourth-order valence-electron chi connectivity index (χ4n) is 2.45. The maximum Gasteiger partial charge on any atom is 0.398 e. The van der Waals surface area contributed by atoms with Crippen LogP contribution >= 0.6 is 11.8 Å². The Morgan fingerprint density at radius 3 is 2.78 bits per heavy atom. The SMILES string of the molecule is FC(F)(F)CSc1ccccc1NCc1ccc2c(c1)CCO2. The number of nitrogens with one attached hydrogen (secondary N) is 1. The van der Waals surface area contributed by atoms with Crippen LogP contribution in [0.5, 0.6) is 5.75 Å². The van der Waals surface area contributed by atoms with Crippen LogP contribution in [0.25, 0.3) is 0 Å². The summed E-state index contributed by atoms with van der Waals surface area (Å²) in [5, 5.41) is 3.23. The molecule has 2 aromatic rings. The number of alkyl halides is 3. The van der Waals surface area contributed by atoms with E-state index in [-0.39, 0.29) is 0 Å². The van der Waals surface area contributed by atoms with Crippen molar-refractivity contribution in [2.45, 2.75) is 24.0 Å². The van der Waals surface area contributed by atoms with Crippen molar-refractivity contribution in [2.24, 2.45) is 0 Å². The molecular weight excluding hydrogens is 323 g/mol. The second-order valence-electron chi connectivity index (χ2n) is 5.29. The molecule has 0 bridgehead atoms. The smallest absolute Gasteiger partial charge is 0.398 e. The van der Waals surface area contributed by atoms with Gasteiger partial charge in [-0.15, -0.1) is 11.8 Å². The molecule has 0 fully saturated rings. The van der Waals surface area contributed by atoms with Gasteiger partial charge < -0.3 is 10.1 Å².